The van der Waals surface area contributed by atoms with Gasteiger partial charge in [0.05, 0.1) is 0 Å². The largest absolute Gasteiger partial charge is 0.314 e. The summed E-state index contributed by atoms with van der Waals surface area (Å²) in [5, 5.41) is 0. The molecule has 2 heteroatoms. The molecule has 0 aliphatic heterocycles. The summed E-state index contributed by atoms with van der Waals surface area (Å²) in [5.41, 5.74) is 1.15. The second-order valence-electron chi connectivity index (χ2n) is 4.05. The first-order valence-corrected chi connectivity index (χ1v) is 7.86. The van der Waals surface area contributed by atoms with Crippen molar-refractivity contribution in [1.29, 1.82) is 0 Å². The Hall–Kier alpha value is -0.893. The van der Waals surface area contributed by atoms with Crippen LogP contribution in [0.4, 0.5) is 4.11 Å². The third kappa shape index (κ3) is 2.81. The van der Waals surface area contributed by atoms with Gasteiger partial charge in [0.25, 0.3) is 0 Å². The van der Waals surface area contributed by atoms with Gasteiger partial charge in [0.1, 0.15) is 0 Å². The van der Waals surface area contributed by atoms with E-state index < -0.39 is 8.41 Å². The second kappa shape index (κ2) is 4.56. The zero-order chi connectivity index (χ0) is 10.6. The first-order chi connectivity index (χ1) is 6.55. The van der Waals surface area contributed by atoms with Gasteiger partial charge in [-0.3, -0.25) is 0 Å². The van der Waals surface area contributed by atoms with Crippen LogP contribution < -0.4 is 0 Å². The van der Waals surface area contributed by atoms with Crippen LogP contribution in [0.25, 0.3) is 0 Å². The van der Waals surface area contributed by atoms with Crippen molar-refractivity contribution in [1.82, 2.24) is 0 Å². The van der Waals surface area contributed by atoms with E-state index in [2.05, 4.69) is 6.58 Å². The van der Waals surface area contributed by atoms with Gasteiger partial charge >= 0.3 is 0 Å². The molecule has 0 aliphatic carbocycles. The summed E-state index contributed by atoms with van der Waals surface area (Å²) in [4.78, 5) is 0. The molecule has 0 aliphatic rings. The predicted octanol–water partition coefficient (Wildman–Crippen LogP) is 4.06. The van der Waals surface area contributed by atoms with Crippen molar-refractivity contribution < 1.29 is 4.11 Å². The molecule has 0 heterocycles. The molecule has 0 radical (unpaired) electrons. The zero-order valence-corrected chi connectivity index (χ0v) is 9.83. The van der Waals surface area contributed by atoms with Gasteiger partial charge in [-0.15, -0.1) is 6.58 Å². The van der Waals surface area contributed by atoms with Gasteiger partial charge in [-0.1, -0.05) is 36.4 Å². The summed E-state index contributed by atoms with van der Waals surface area (Å²) in [7, 11) is -2.62. The van der Waals surface area contributed by atoms with E-state index in [4.69, 9.17) is 0 Å². The molecular weight excluding hydrogens is 191 g/mol. The van der Waals surface area contributed by atoms with E-state index in [1.54, 1.807) is 13.1 Å². The van der Waals surface area contributed by atoms with Gasteiger partial charge in [0.2, 0.25) is 8.41 Å². The highest BCUT2D eigenvalue weighted by atomic mass is 28.4. The van der Waals surface area contributed by atoms with Crippen molar-refractivity contribution in [2.75, 3.05) is 0 Å². The minimum atomic E-state index is -2.62. The van der Waals surface area contributed by atoms with Crippen LogP contribution in [-0.4, -0.2) is 8.41 Å². The van der Waals surface area contributed by atoms with Crippen LogP contribution >= 0.6 is 0 Å². The number of hydrogen-bond donors (Lipinski definition) is 0. The summed E-state index contributed by atoms with van der Waals surface area (Å²) in [6.45, 7) is 7.21. The van der Waals surface area contributed by atoms with Crippen LogP contribution in [0.15, 0.2) is 43.0 Å². The van der Waals surface area contributed by atoms with Crippen LogP contribution in [0.3, 0.4) is 0 Å². The Morgan fingerprint density at radius 2 is 1.93 bits per heavy atom. The molecule has 0 nitrogen and oxygen atoms in total. The maximum absolute atomic E-state index is 14.0. The van der Waals surface area contributed by atoms with Gasteiger partial charge in [-0.25, -0.2) is 0 Å². The molecular formula is C12H17FSi. The van der Waals surface area contributed by atoms with E-state index in [0.717, 1.165) is 12.0 Å². The molecule has 76 valence electrons. The fraction of sp³-hybridized carbons (Fsp3) is 0.333. The fourth-order valence-electron chi connectivity index (χ4n) is 1.66. The first kappa shape index (κ1) is 11.2. The van der Waals surface area contributed by atoms with Crippen LogP contribution in [0.5, 0.6) is 0 Å². The molecule has 0 spiro atoms. The van der Waals surface area contributed by atoms with Gasteiger partial charge in [0, 0.05) is 5.54 Å². The number of halogens is 1. The Balaban J connectivity index is 2.95. The quantitative estimate of drug-likeness (QED) is 0.397. The summed E-state index contributed by atoms with van der Waals surface area (Å²) in [5.74, 6) is 0. The minimum Gasteiger partial charge on any atom is -0.314 e. The molecule has 1 atom stereocenters. The number of allylic oxidation sites excluding steroid dienone is 1. The van der Waals surface area contributed by atoms with Gasteiger partial charge in [0.15, 0.2) is 0 Å². The Bertz CT molecular complexity index is 287. The topological polar surface area (TPSA) is 0 Å². The van der Waals surface area contributed by atoms with E-state index in [9.17, 15) is 4.11 Å². The van der Waals surface area contributed by atoms with E-state index in [1.807, 2.05) is 36.4 Å². The SMILES string of the molecule is C=CCC(c1ccccc1)[Si](C)(C)F. The lowest BCUT2D eigenvalue weighted by atomic mass is 10.1. The maximum atomic E-state index is 14.0. The Morgan fingerprint density at radius 1 is 1.36 bits per heavy atom. The van der Waals surface area contributed by atoms with E-state index >= 15 is 0 Å². The summed E-state index contributed by atoms with van der Waals surface area (Å²) >= 11 is 0. The predicted molar refractivity (Wildman–Crippen MR) is 62.6 cm³/mol. The fourth-order valence-corrected chi connectivity index (χ4v) is 3.38. The highest BCUT2D eigenvalue weighted by molar-refractivity contribution is 6.72. The van der Waals surface area contributed by atoms with Crippen LogP contribution in [-0.2, 0) is 0 Å². The van der Waals surface area contributed by atoms with Crippen molar-refractivity contribution in [3.8, 4) is 0 Å². The lowest BCUT2D eigenvalue weighted by Gasteiger charge is -2.23. The molecule has 1 unspecified atom stereocenters. The van der Waals surface area contributed by atoms with Crippen LogP contribution in [0.1, 0.15) is 17.5 Å². The lowest BCUT2D eigenvalue weighted by Crippen LogP contribution is -2.29. The second-order valence-corrected chi connectivity index (χ2v) is 7.88. The Morgan fingerprint density at radius 3 is 2.36 bits per heavy atom. The summed E-state index contributed by atoms with van der Waals surface area (Å²) < 4.78 is 14.0. The van der Waals surface area contributed by atoms with Crippen molar-refractivity contribution >= 4 is 8.41 Å². The molecule has 0 bridgehead atoms. The van der Waals surface area contributed by atoms with Crippen molar-refractivity contribution in [3.63, 3.8) is 0 Å². The molecule has 0 fully saturated rings. The van der Waals surface area contributed by atoms with Crippen molar-refractivity contribution in [2.24, 2.45) is 0 Å². The Kier molecular flexibility index (Phi) is 3.64. The molecule has 1 rings (SSSR count). The standard InChI is InChI=1S/C12H17FSi/c1-4-8-12(14(2,3)13)11-9-6-5-7-10-11/h4-7,9-10,12H,1,8H2,2-3H3. The van der Waals surface area contributed by atoms with E-state index in [1.165, 1.54) is 0 Å². The normalized spacial score (nSPS) is 13.6. The first-order valence-electron chi connectivity index (χ1n) is 4.90. The summed E-state index contributed by atoms with van der Waals surface area (Å²) in [6.07, 6.45) is 2.55. The summed E-state index contributed by atoms with van der Waals surface area (Å²) in [6, 6.07) is 9.89. The van der Waals surface area contributed by atoms with Crippen LogP contribution in [0, 0.1) is 0 Å². The maximum Gasteiger partial charge on any atom is 0.248 e. The molecule has 0 amide bonds. The van der Waals surface area contributed by atoms with Crippen LogP contribution in [0.2, 0.25) is 13.1 Å². The average molecular weight is 208 g/mol. The monoisotopic (exact) mass is 208 g/mol. The van der Waals surface area contributed by atoms with Crippen molar-refractivity contribution in [2.45, 2.75) is 25.1 Å². The van der Waals surface area contributed by atoms with E-state index in [-0.39, 0.29) is 5.54 Å². The molecule has 1 aromatic rings. The number of hydrogen-bond acceptors (Lipinski definition) is 0. The van der Waals surface area contributed by atoms with Crippen molar-refractivity contribution in [3.05, 3.63) is 48.6 Å². The molecule has 1 aromatic carbocycles. The van der Waals surface area contributed by atoms with Gasteiger partial charge < -0.3 is 4.11 Å². The molecule has 14 heavy (non-hydrogen) atoms. The molecule has 0 N–H and O–H groups in total. The number of rotatable bonds is 4. The third-order valence-electron chi connectivity index (χ3n) is 2.43. The molecule has 0 saturated carbocycles. The molecule has 0 saturated heterocycles. The minimum absolute atomic E-state index is 0.0428. The third-order valence-corrected chi connectivity index (χ3v) is 4.66. The van der Waals surface area contributed by atoms with Gasteiger partial charge in [-0.05, 0) is 25.1 Å². The average Bonchev–Trinajstić information content (AvgIpc) is 2.14. The Labute approximate surface area is 86.7 Å². The smallest absolute Gasteiger partial charge is 0.248 e. The number of benzene rings is 1. The highest BCUT2D eigenvalue weighted by Crippen LogP contribution is 2.31. The lowest BCUT2D eigenvalue weighted by molar-refractivity contribution is 0.722. The van der Waals surface area contributed by atoms with Gasteiger partial charge in [-0.2, -0.15) is 0 Å². The molecule has 0 aromatic heterocycles. The zero-order valence-electron chi connectivity index (χ0n) is 8.83. The highest BCUT2D eigenvalue weighted by Gasteiger charge is 2.32. The van der Waals surface area contributed by atoms with E-state index in [0.29, 0.717) is 0 Å².